The number of pyridine rings is 1. The van der Waals surface area contributed by atoms with E-state index in [0.717, 1.165) is 28.2 Å². The second-order valence-corrected chi connectivity index (χ2v) is 5.82. The summed E-state index contributed by atoms with van der Waals surface area (Å²) < 4.78 is 13.1. The van der Waals surface area contributed by atoms with E-state index in [9.17, 15) is 9.18 Å². The average Bonchev–Trinajstić information content (AvgIpc) is 2.49. The van der Waals surface area contributed by atoms with E-state index in [-0.39, 0.29) is 10.9 Å². The van der Waals surface area contributed by atoms with Gasteiger partial charge in [-0.05, 0) is 50.2 Å². The van der Waals surface area contributed by atoms with Gasteiger partial charge < -0.3 is 5.32 Å². The zero-order valence-corrected chi connectivity index (χ0v) is 13.4. The van der Waals surface area contributed by atoms with Gasteiger partial charge in [0.2, 0.25) is 0 Å². The van der Waals surface area contributed by atoms with Crippen molar-refractivity contribution in [2.75, 3.05) is 5.32 Å². The van der Waals surface area contributed by atoms with Crippen molar-refractivity contribution >= 4 is 34.1 Å². The first-order valence-electron chi connectivity index (χ1n) is 7.08. The molecule has 3 rings (SSSR count). The van der Waals surface area contributed by atoms with Crippen molar-refractivity contribution in [2.24, 2.45) is 0 Å². The third-order valence-corrected chi connectivity index (χ3v) is 3.83. The highest BCUT2D eigenvalue weighted by molar-refractivity contribution is 6.34. The van der Waals surface area contributed by atoms with Crippen LogP contribution in [0.5, 0.6) is 0 Å². The number of nitrogens with one attached hydrogen (secondary N) is 1. The number of rotatable bonds is 2. The number of nitrogens with zero attached hydrogens (tertiary/aromatic N) is 1. The summed E-state index contributed by atoms with van der Waals surface area (Å²) in [6, 6.07) is 11.3. The zero-order valence-electron chi connectivity index (χ0n) is 12.7. The quantitative estimate of drug-likeness (QED) is 0.727. The number of anilines is 1. The Labute approximate surface area is 138 Å². The first-order valence-corrected chi connectivity index (χ1v) is 7.46. The summed E-state index contributed by atoms with van der Waals surface area (Å²) in [7, 11) is 0. The molecular formula is C18H14ClFN2O. The Morgan fingerprint density at radius 1 is 1.13 bits per heavy atom. The largest absolute Gasteiger partial charge is 0.321 e. The van der Waals surface area contributed by atoms with Gasteiger partial charge in [0.1, 0.15) is 5.82 Å². The molecule has 0 radical (unpaired) electrons. The van der Waals surface area contributed by atoms with Crippen molar-refractivity contribution in [3.63, 3.8) is 0 Å². The minimum absolute atomic E-state index is 0.157. The Balaban J connectivity index is 2.05. The van der Waals surface area contributed by atoms with Gasteiger partial charge in [-0.1, -0.05) is 23.2 Å². The normalized spacial score (nSPS) is 10.8. The van der Waals surface area contributed by atoms with Gasteiger partial charge >= 0.3 is 0 Å². The lowest BCUT2D eigenvalue weighted by molar-refractivity contribution is 0.102. The van der Waals surface area contributed by atoms with Crippen LogP contribution in [0.2, 0.25) is 5.02 Å². The van der Waals surface area contributed by atoms with Crippen molar-refractivity contribution in [1.82, 2.24) is 4.98 Å². The van der Waals surface area contributed by atoms with Gasteiger partial charge in [0.15, 0.2) is 0 Å². The molecule has 1 amide bonds. The molecule has 23 heavy (non-hydrogen) atoms. The summed E-state index contributed by atoms with van der Waals surface area (Å²) in [5.41, 5.74) is 3.42. The molecule has 0 atom stereocenters. The molecule has 0 spiro atoms. The number of hydrogen-bond donors (Lipinski definition) is 1. The second-order valence-electron chi connectivity index (χ2n) is 5.41. The summed E-state index contributed by atoms with van der Waals surface area (Å²) in [6.07, 6.45) is 0. The topological polar surface area (TPSA) is 42.0 Å². The maximum absolute atomic E-state index is 13.1. The number of aromatic nitrogens is 1. The Morgan fingerprint density at radius 3 is 2.65 bits per heavy atom. The van der Waals surface area contributed by atoms with Gasteiger partial charge in [0.25, 0.3) is 5.91 Å². The predicted octanol–water partition coefficient (Wildman–Crippen LogP) is 4.90. The summed E-state index contributed by atoms with van der Waals surface area (Å²) in [4.78, 5) is 17.1. The van der Waals surface area contributed by atoms with E-state index in [0.29, 0.717) is 11.3 Å². The van der Waals surface area contributed by atoms with E-state index in [2.05, 4.69) is 10.3 Å². The summed E-state index contributed by atoms with van der Waals surface area (Å²) in [6.45, 7) is 3.79. The lowest BCUT2D eigenvalue weighted by atomic mass is 10.0. The Morgan fingerprint density at radius 2 is 1.91 bits per heavy atom. The van der Waals surface area contributed by atoms with Crippen LogP contribution in [-0.2, 0) is 0 Å². The van der Waals surface area contributed by atoms with Gasteiger partial charge in [-0.2, -0.15) is 0 Å². The number of aryl methyl sites for hydroxylation is 2. The molecule has 0 saturated carbocycles. The SMILES string of the molecule is Cc1ccc2nc(C)cc(C(=O)Nc3ccc(F)cc3Cl)c2c1. The number of hydrogen-bond acceptors (Lipinski definition) is 2. The summed E-state index contributed by atoms with van der Waals surface area (Å²) in [5, 5.41) is 3.65. The molecule has 1 heterocycles. The maximum atomic E-state index is 13.1. The van der Waals surface area contributed by atoms with Crippen LogP contribution < -0.4 is 5.32 Å². The van der Waals surface area contributed by atoms with Crippen LogP contribution in [-0.4, -0.2) is 10.9 Å². The van der Waals surface area contributed by atoms with Crippen molar-refractivity contribution in [3.05, 3.63) is 70.1 Å². The molecule has 0 unspecified atom stereocenters. The average molecular weight is 329 g/mol. The number of benzene rings is 2. The van der Waals surface area contributed by atoms with Gasteiger partial charge in [0, 0.05) is 11.1 Å². The smallest absolute Gasteiger partial charge is 0.256 e. The summed E-state index contributed by atoms with van der Waals surface area (Å²) in [5.74, 6) is -0.756. The first kappa shape index (κ1) is 15.4. The van der Waals surface area contributed by atoms with Crippen LogP contribution in [0, 0.1) is 19.7 Å². The Bertz CT molecular complexity index is 924. The highest BCUT2D eigenvalue weighted by Crippen LogP contribution is 2.25. The molecule has 2 aromatic carbocycles. The fourth-order valence-corrected chi connectivity index (χ4v) is 2.65. The maximum Gasteiger partial charge on any atom is 0.256 e. The van der Waals surface area contributed by atoms with Crippen molar-refractivity contribution in [2.45, 2.75) is 13.8 Å². The monoisotopic (exact) mass is 328 g/mol. The molecule has 0 saturated heterocycles. The van der Waals surface area contributed by atoms with Crippen LogP contribution in [0.15, 0.2) is 42.5 Å². The predicted molar refractivity (Wildman–Crippen MR) is 90.6 cm³/mol. The van der Waals surface area contributed by atoms with Gasteiger partial charge in [0.05, 0.1) is 21.8 Å². The van der Waals surface area contributed by atoms with Crippen LogP contribution in [0.4, 0.5) is 10.1 Å². The molecule has 1 aromatic heterocycles. The molecule has 0 aliphatic carbocycles. The second kappa shape index (κ2) is 5.97. The summed E-state index contributed by atoms with van der Waals surface area (Å²) >= 11 is 5.97. The number of carbonyl (C=O) groups excluding carboxylic acids is 1. The minimum Gasteiger partial charge on any atom is -0.321 e. The molecular weight excluding hydrogens is 315 g/mol. The number of halogens is 2. The molecule has 0 fully saturated rings. The highest BCUT2D eigenvalue weighted by Gasteiger charge is 2.14. The minimum atomic E-state index is -0.450. The van der Waals surface area contributed by atoms with Crippen LogP contribution in [0.25, 0.3) is 10.9 Å². The van der Waals surface area contributed by atoms with E-state index >= 15 is 0 Å². The molecule has 0 bridgehead atoms. The van der Waals surface area contributed by atoms with Gasteiger partial charge in [-0.15, -0.1) is 0 Å². The van der Waals surface area contributed by atoms with Crippen molar-refractivity contribution in [3.8, 4) is 0 Å². The molecule has 0 aliphatic heterocycles. The molecule has 116 valence electrons. The Hall–Kier alpha value is -2.46. The van der Waals surface area contributed by atoms with E-state index in [1.807, 2.05) is 32.0 Å². The third-order valence-electron chi connectivity index (χ3n) is 3.52. The highest BCUT2D eigenvalue weighted by atomic mass is 35.5. The van der Waals surface area contributed by atoms with Gasteiger partial charge in [-0.25, -0.2) is 4.39 Å². The van der Waals surface area contributed by atoms with E-state index in [1.165, 1.54) is 12.1 Å². The lowest BCUT2D eigenvalue weighted by Crippen LogP contribution is -2.13. The van der Waals surface area contributed by atoms with Crippen molar-refractivity contribution in [1.29, 1.82) is 0 Å². The number of carbonyl (C=O) groups is 1. The Kier molecular flexibility index (Phi) is 4.01. The molecule has 5 heteroatoms. The van der Waals surface area contributed by atoms with Crippen LogP contribution >= 0.6 is 11.6 Å². The van der Waals surface area contributed by atoms with E-state index in [1.54, 1.807) is 6.07 Å². The third kappa shape index (κ3) is 3.17. The first-order chi connectivity index (χ1) is 10.9. The van der Waals surface area contributed by atoms with E-state index < -0.39 is 5.82 Å². The van der Waals surface area contributed by atoms with Crippen LogP contribution in [0.3, 0.4) is 0 Å². The zero-order chi connectivity index (χ0) is 16.6. The standard InChI is InChI=1S/C18H14ClFN2O/c1-10-3-5-16-13(7-10)14(8-11(2)21-16)18(23)22-17-6-4-12(20)9-15(17)19/h3-9H,1-2H3,(H,22,23). The lowest BCUT2D eigenvalue weighted by Gasteiger charge is -2.11. The van der Waals surface area contributed by atoms with Crippen molar-refractivity contribution < 1.29 is 9.18 Å². The van der Waals surface area contributed by atoms with Gasteiger partial charge in [-0.3, -0.25) is 9.78 Å². The van der Waals surface area contributed by atoms with Crippen LogP contribution in [0.1, 0.15) is 21.6 Å². The van der Waals surface area contributed by atoms with E-state index in [4.69, 9.17) is 11.6 Å². The number of amides is 1. The number of fused-ring (bicyclic) bond motifs is 1. The fraction of sp³-hybridized carbons (Fsp3) is 0.111. The molecule has 1 N–H and O–H groups in total. The fourth-order valence-electron chi connectivity index (χ4n) is 2.44. The molecule has 0 aliphatic rings. The molecule has 3 aromatic rings. The molecule has 3 nitrogen and oxygen atoms in total.